The van der Waals surface area contributed by atoms with Crippen LogP contribution in [0.3, 0.4) is 0 Å². The van der Waals surface area contributed by atoms with Gasteiger partial charge in [0.2, 0.25) is 0 Å². The molecule has 1 saturated heterocycles. The van der Waals surface area contributed by atoms with Crippen molar-refractivity contribution in [3.05, 3.63) is 102 Å². The van der Waals surface area contributed by atoms with Crippen LogP contribution in [-0.2, 0) is 13.1 Å². The maximum Gasteiger partial charge on any atom is 0.137 e. The van der Waals surface area contributed by atoms with E-state index < -0.39 is 0 Å². The van der Waals surface area contributed by atoms with Crippen molar-refractivity contribution >= 4 is 22.1 Å². The lowest BCUT2D eigenvalue weighted by molar-refractivity contribution is 0.0715. The highest BCUT2D eigenvalue weighted by molar-refractivity contribution is 5.83. The zero-order valence-corrected chi connectivity index (χ0v) is 18.3. The molecule has 4 aromatic rings. The number of likely N-dealkylation sites (tertiary alicyclic amines) is 1. The fourth-order valence-corrected chi connectivity index (χ4v) is 5.17. The van der Waals surface area contributed by atoms with E-state index in [1.165, 1.54) is 33.3 Å². The van der Waals surface area contributed by atoms with Gasteiger partial charge >= 0.3 is 0 Å². The monoisotopic (exact) mass is 421 g/mol. The number of anilines is 2. The van der Waals surface area contributed by atoms with Crippen molar-refractivity contribution in [3.8, 4) is 5.75 Å². The van der Waals surface area contributed by atoms with E-state index in [1.807, 2.05) is 0 Å². The Kier molecular flexibility index (Phi) is 4.54. The van der Waals surface area contributed by atoms with Crippen LogP contribution >= 0.6 is 0 Å². The minimum absolute atomic E-state index is 0.0974. The van der Waals surface area contributed by atoms with E-state index in [4.69, 9.17) is 4.74 Å². The molecule has 0 aromatic heterocycles. The van der Waals surface area contributed by atoms with Gasteiger partial charge in [-0.1, -0.05) is 54.6 Å². The normalized spacial score (nSPS) is 17.0. The third-order valence-electron chi connectivity index (χ3n) is 6.80. The number of hydrogen-bond donors (Lipinski definition) is 1. The first kappa shape index (κ1) is 19.2. The predicted molar refractivity (Wildman–Crippen MR) is 131 cm³/mol. The highest BCUT2D eigenvalue weighted by Crippen LogP contribution is 2.41. The quantitative estimate of drug-likeness (QED) is 0.471. The average molecular weight is 422 g/mol. The summed E-state index contributed by atoms with van der Waals surface area (Å²) >= 11 is 0. The van der Waals surface area contributed by atoms with Gasteiger partial charge in [0.15, 0.2) is 0 Å². The fraction of sp³-hybridized carbons (Fsp3) is 0.214. The first-order valence-corrected chi connectivity index (χ1v) is 11.2. The lowest BCUT2D eigenvalue weighted by atomic mass is 9.91. The molecule has 32 heavy (non-hydrogen) atoms. The summed E-state index contributed by atoms with van der Waals surface area (Å²) in [5.74, 6) is 0.889. The molecule has 0 saturated carbocycles. The smallest absolute Gasteiger partial charge is 0.137 e. The lowest BCUT2D eigenvalue weighted by Crippen LogP contribution is -2.75. The van der Waals surface area contributed by atoms with E-state index in [2.05, 4.69) is 106 Å². The van der Waals surface area contributed by atoms with Gasteiger partial charge < -0.3 is 15.0 Å². The fourth-order valence-electron chi connectivity index (χ4n) is 5.17. The van der Waals surface area contributed by atoms with Crippen LogP contribution in [0.4, 0.5) is 11.4 Å². The number of nitrogens with zero attached hydrogens (tertiary/aromatic N) is 2. The summed E-state index contributed by atoms with van der Waals surface area (Å²) in [6.45, 7) is 3.81. The van der Waals surface area contributed by atoms with E-state index >= 15 is 0 Å². The zero-order valence-electron chi connectivity index (χ0n) is 18.3. The molecule has 4 aromatic carbocycles. The number of rotatable bonds is 4. The summed E-state index contributed by atoms with van der Waals surface area (Å²) in [6.07, 6.45) is 0. The molecule has 0 atom stereocenters. The molecule has 4 nitrogen and oxygen atoms in total. The Morgan fingerprint density at radius 2 is 1.59 bits per heavy atom. The van der Waals surface area contributed by atoms with Crippen molar-refractivity contribution in [1.82, 2.24) is 4.90 Å². The standard InChI is InChI=1S/C28H27N3O/c1-32-26-14-12-25(13-15-26)31-18-24-8-4-5-9-27(24)29-28(31)19-30(20-28)17-21-10-11-22-6-2-3-7-23(22)16-21/h2-16,29H,17-20H2,1H3. The van der Waals surface area contributed by atoms with Gasteiger partial charge in [-0.05, 0) is 58.3 Å². The van der Waals surface area contributed by atoms with Gasteiger partial charge in [-0.25, -0.2) is 0 Å². The third kappa shape index (κ3) is 3.28. The number of ether oxygens (including phenoxy) is 1. The Labute approximate surface area is 189 Å². The van der Waals surface area contributed by atoms with Gasteiger partial charge in [0.05, 0.1) is 7.11 Å². The Bertz CT molecular complexity index is 1260. The summed E-state index contributed by atoms with van der Waals surface area (Å²) < 4.78 is 5.38. The maximum atomic E-state index is 5.38. The molecule has 1 N–H and O–H groups in total. The van der Waals surface area contributed by atoms with Crippen molar-refractivity contribution < 1.29 is 4.74 Å². The molecule has 160 valence electrons. The third-order valence-corrected chi connectivity index (χ3v) is 6.80. The van der Waals surface area contributed by atoms with Gasteiger partial charge in [0.1, 0.15) is 11.4 Å². The molecule has 4 heteroatoms. The van der Waals surface area contributed by atoms with Gasteiger partial charge in [-0.2, -0.15) is 0 Å². The van der Waals surface area contributed by atoms with Crippen molar-refractivity contribution in [3.63, 3.8) is 0 Å². The number of hydrogen-bond acceptors (Lipinski definition) is 4. The SMILES string of the molecule is COc1ccc(N2Cc3ccccc3NC23CN(Cc2ccc4ccccc4c2)C3)cc1. The van der Waals surface area contributed by atoms with Crippen LogP contribution in [-0.4, -0.2) is 30.8 Å². The average Bonchev–Trinajstić information content (AvgIpc) is 2.82. The maximum absolute atomic E-state index is 5.38. The van der Waals surface area contributed by atoms with Gasteiger partial charge in [0, 0.05) is 37.6 Å². The van der Waals surface area contributed by atoms with E-state index in [-0.39, 0.29) is 5.66 Å². The van der Waals surface area contributed by atoms with E-state index in [1.54, 1.807) is 7.11 Å². The number of nitrogens with one attached hydrogen (secondary N) is 1. The molecule has 1 spiro atoms. The van der Waals surface area contributed by atoms with Gasteiger partial charge in [0.25, 0.3) is 0 Å². The molecule has 0 radical (unpaired) electrons. The molecular weight excluding hydrogens is 394 g/mol. The summed E-state index contributed by atoms with van der Waals surface area (Å²) in [5, 5.41) is 6.49. The molecular formula is C28H27N3O. The molecule has 0 unspecified atom stereocenters. The summed E-state index contributed by atoms with van der Waals surface area (Å²) in [7, 11) is 1.71. The van der Waals surface area contributed by atoms with Gasteiger partial charge in [-0.3, -0.25) is 4.90 Å². The van der Waals surface area contributed by atoms with Crippen LogP contribution in [0.2, 0.25) is 0 Å². The second-order valence-electron chi connectivity index (χ2n) is 8.92. The zero-order chi connectivity index (χ0) is 21.5. The highest BCUT2D eigenvalue weighted by atomic mass is 16.5. The number of benzene rings is 4. The highest BCUT2D eigenvalue weighted by Gasteiger charge is 2.50. The molecule has 0 aliphatic carbocycles. The van der Waals surface area contributed by atoms with Crippen LogP contribution in [0.25, 0.3) is 10.8 Å². The van der Waals surface area contributed by atoms with Crippen LogP contribution < -0.4 is 15.0 Å². The molecule has 1 fully saturated rings. The Balaban J connectivity index is 1.26. The lowest BCUT2D eigenvalue weighted by Gasteiger charge is -2.59. The largest absolute Gasteiger partial charge is 0.497 e. The first-order valence-electron chi connectivity index (χ1n) is 11.2. The predicted octanol–water partition coefficient (Wildman–Crippen LogP) is 5.49. The minimum atomic E-state index is -0.0974. The van der Waals surface area contributed by atoms with Crippen LogP contribution in [0.5, 0.6) is 5.75 Å². The summed E-state index contributed by atoms with van der Waals surface area (Å²) in [4.78, 5) is 5.05. The van der Waals surface area contributed by atoms with E-state index in [0.29, 0.717) is 0 Å². The second kappa shape index (κ2) is 7.57. The van der Waals surface area contributed by atoms with Crippen molar-refractivity contribution in [1.29, 1.82) is 0 Å². The second-order valence-corrected chi connectivity index (χ2v) is 8.92. The minimum Gasteiger partial charge on any atom is -0.497 e. The molecule has 2 heterocycles. The number of methoxy groups -OCH3 is 1. The van der Waals surface area contributed by atoms with Crippen LogP contribution in [0, 0.1) is 0 Å². The van der Waals surface area contributed by atoms with Crippen LogP contribution in [0.15, 0.2) is 91.0 Å². The van der Waals surface area contributed by atoms with E-state index in [9.17, 15) is 0 Å². The molecule has 0 bridgehead atoms. The summed E-state index contributed by atoms with van der Waals surface area (Å²) in [5.41, 5.74) is 5.08. The Morgan fingerprint density at radius 3 is 2.41 bits per heavy atom. The van der Waals surface area contributed by atoms with Gasteiger partial charge in [-0.15, -0.1) is 0 Å². The topological polar surface area (TPSA) is 27.7 Å². The molecule has 0 amide bonds. The number of fused-ring (bicyclic) bond motifs is 2. The van der Waals surface area contributed by atoms with Crippen LogP contribution in [0.1, 0.15) is 11.1 Å². The van der Waals surface area contributed by atoms with Crippen molar-refractivity contribution in [2.24, 2.45) is 0 Å². The summed E-state index contributed by atoms with van der Waals surface area (Å²) in [6, 6.07) is 32.5. The van der Waals surface area contributed by atoms with E-state index in [0.717, 1.165) is 31.9 Å². The molecule has 2 aliphatic heterocycles. The molecule has 6 rings (SSSR count). The van der Waals surface area contributed by atoms with Crippen molar-refractivity contribution in [2.75, 3.05) is 30.4 Å². The number of para-hydroxylation sites is 1. The Morgan fingerprint density at radius 1 is 0.844 bits per heavy atom. The van der Waals surface area contributed by atoms with Crippen molar-refractivity contribution in [2.45, 2.75) is 18.8 Å². The Hall–Kier alpha value is -3.50. The first-order chi connectivity index (χ1) is 15.7. The molecule has 2 aliphatic rings.